The molecule has 0 fully saturated rings. The van der Waals surface area contributed by atoms with Gasteiger partial charge in [-0.05, 0) is 31.2 Å². The molecule has 7 heteroatoms. The Labute approximate surface area is 152 Å². The third-order valence-corrected chi connectivity index (χ3v) is 4.55. The summed E-state index contributed by atoms with van der Waals surface area (Å²) in [5, 5.41) is 4.10. The molecule has 134 valence electrons. The zero-order valence-electron chi connectivity index (χ0n) is 15.1. The predicted octanol–water partition coefficient (Wildman–Crippen LogP) is 3.16. The molecule has 1 unspecified atom stereocenters. The molecule has 0 amide bonds. The Bertz CT molecular complexity index is 894. The first-order chi connectivity index (χ1) is 12.6. The zero-order chi connectivity index (χ0) is 18.1. The number of pyridine rings is 1. The second-order valence-corrected chi connectivity index (χ2v) is 6.46. The fraction of sp³-hybridized carbons (Fsp3) is 0.316. The maximum Gasteiger partial charge on any atom is 0.249 e. The van der Waals surface area contributed by atoms with E-state index in [-0.39, 0.29) is 6.04 Å². The molecule has 4 rings (SSSR count). The Hall–Kier alpha value is -3.09. The van der Waals surface area contributed by atoms with Crippen molar-refractivity contribution in [3.05, 3.63) is 48.6 Å². The summed E-state index contributed by atoms with van der Waals surface area (Å²) < 4.78 is 11.4. The van der Waals surface area contributed by atoms with E-state index in [0.29, 0.717) is 18.3 Å². The van der Waals surface area contributed by atoms with E-state index in [2.05, 4.69) is 50.0 Å². The monoisotopic (exact) mass is 351 g/mol. The number of rotatable bonds is 4. The second-order valence-electron chi connectivity index (χ2n) is 6.46. The minimum Gasteiger partial charge on any atom is -0.489 e. The minimum absolute atomic E-state index is 0.0548. The van der Waals surface area contributed by atoms with Crippen LogP contribution in [0.5, 0.6) is 5.75 Å². The minimum atomic E-state index is -0.0548. The van der Waals surface area contributed by atoms with Gasteiger partial charge < -0.3 is 19.1 Å². The highest BCUT2D eigenvalue weighted by molar-refractivity contribution is 5.67. The van der Waals surface area contributed by atoms with Crippen LogP contribution in [0.1, 0.15) is 18.9 Å². The van der Waals surface area contributed by atoms with Gasteiger partial charge in [0.25, 0.3) is 0 Å². The van der Waals surface area contributed by atoms with E-state index in [1.807, 2.05) is 26.2 Å². The first-order valence-electron chi connectivity index (χ1n) is 8.58. The SMILES string of the molecule is CC(c1nc(-c2cccnc2)no1)N1CCOc2cc(N(C)C)ccc21. The first kappa shape index (κ1) is 16.4. The molecular formula is C19H21N5O2. The molecule has 2 aromatic heterocycles. The molecule has 1 atom stereocenters. The normalized spacial score (nSPS) is 14.5. The van der Waals surface area contributed by atoms with Gasteiger partial charge in [0.1, 0.15) is 18.4 Å². The summed E-state index contributed by atoms with van der Waals surface area (Å²) in [6, 6.07) is 9.94. The van der Waals surface area contributed by atoms with Gasteiger partial charge in [0.05, 0.1) is 12.2 Å². The molecule has 0 N–H and O–H groups in total. The Balaban J connectivity index is 1.62. The van der Waals surface area contributed by atoms with E-state index in [1.54, 1.807) is 12.4 Å². The van der Waals surface area contributed by atoms with Crippen molar-refractivity contribution in [3.63, 3.8) is 0 Å². The summed E-state index contributed by atoms with van der Waals surface area (Å²) in [6.07, 6.45) is 3.45. The highest BCUT2D eigenvalue weighted by atomic mass is 16.5. The van der Waals surface area contributed by atoms with Gasteiger partial charge >= 0.3 is 0 Å². The van der Waals surface area contributed by atoms with Crippen molar-refractivity contribution in [2.24, 2.45) is 0 Å². The van der Waals surface area contributed by atoms with E-state index >= 15 is 0 Å². The Morgan fingerprint density at radius 3 is 2.88 bits per heavy atom. The predicted molar refractivity (Wildman–Crippen MR) is 99.6 cm³/mol. The highest BCUT2D eigenvalue weighted by Crippen LogP contribution is 2.39. The smallest absolute Gasteiger partial charge is 0.249 e. The van der Waals surface area contributed by atoms with Crippen molar-refractivity contribution >= 4 is 11.4 Å². The lowest BCUT2D eigenvalue weighted by Crippen LogP contribution is -2.35. The van der Waals surface area contributed by atoms with Gasteiger partial charge in [-0.2, -0.15) is 4.98 Å². The fourth-order valence-corrected chi connectivity index (χ4v) is 3.06. The van der Waals surface area contributed by atoms with Gasteiger partial charge in [-0.15, -0.1) is 0 Å². The molecule has 1 aromatic carbocycles. The average molecular weight is 351 g/mol. The Morgan fingerprint density at radius 1 is 1.23 bits per heavy atom. The molecule has 0 spiro atoms. The lowest BCUT2D eigenvalue weighted by atomic mass is 10.1. The lowest BCUT2D eigenvalue weighted by molar-refractivity contribution is 0.290. The molecule has 26 heavy (non-hydrogen) atoms. The van der Waals surface area contributed by atoms with E-state index < -0.39 is 0 Å². The second kappa shape index (κ2) is 6.67. The number of anilines is 2. The summed E-state index contributed by atoms with van der Waals surface area (Å²) in [5.74, 6) is 2.01. The fourth-order valence-electron chi connectivity index (χ4n) is 3.06. The third kappa shape index (κ3) is 2.96. The number of nitrogens with zero attached hydrogens (tertiary/aromatic N) is 5. The average Bonchev–Trinajstić information content (AvgIpc) is 3.17. The Morgan fingerprint density at radius 2 is 2.12 bits per heavy atom. The van der Waals surface area contributed by atoms with Crippen LogP contribution in [0.4, 0.5) is 11.4 Å². The molecule has 0 saturated heterocycles. The molecule has 3 heterocycles. The summed E-state index contributed by atoms with van der Waals surface area (Å²) in [4.78, 5) is 13.0. The summed E-state index contributed by atoms with van der Waals surface area (Å²) in [7, 11) is 4.03. The molecule has 3 aromatic rings. The van der Waals surface area contributed by atoms with E-state index in [9.17, 15) is 0 Å². The molecule has 0 saturated carbocycles. The molecule has 1 aliphatic rings. The Kier molecular flexibility index (Phi) is 4.20. The molecule has 0 aliphatic carbocycles. The van der Waals surface area contributed by atoms with E-state index in [0.717, 1.165) is 29.2 Å². The number of fused-ring (bicyclic) bond motifs is 1. The van der Waals surface area contributed by atoms with Crippen molar-refractivity contribution in [1.82, 2.24) is 15.1 Å². The third-order valence-electron chi connectivity index (χ3n) is 4.55. The van der Waals surface area contributed by atoms with E-state index in [4.69, 9.17) is 9.26 Å². The zero-order valence-corrected chi connectivity index (χ0v) is 15.1. The topological polar surface area (TPSA) is 67.5 Å². The summed E-state index contributed by atoms with van der Waals surface area (Å²) in [5.41, 5.74) is 2.98. The van der Waals surface area contributed by atoms with Gasteiger partial charge in [0.15, 0.2) is 0 Å². The van der Waals surface area contributed by atoms with Gasteiger partial charge in [-0.1, -0.05) is 5.16 Å². The van der Waals surface area contributed by atoms with Gasteiger partial charge in [-0.25, -0.2) is 0 Å². The van der Waals surface area contributed by atoms with Crippen LogP contribution in [0, 0.1) is 0 Å². The number of benzene rings is 1. The van der Waals surface area contributed by atoms with Crippen LogP contribution in [0.3, 0.4) is 0 Å². The van der Waals surface area contributed by atoms with Gasteiger partial charge in [0, 0.05) is 43.8 Å². The molecule has 0 bridgehead atoms. The molecular weight excluding hydrogens is 330 g/mol. The summed E-state index contributed by atoms with van der Waals surface area (Å²) >= 11 is 0. The number of hydrogen-bond acceptors (Lipinski definition) is 7. The van der Waals surface area contributed by atoms with Crippen LogP contribution in [-0.2, 0) is 0 Å². The van der Waals surface area contributed by atoms with Gasteiger partial charge in [0.2, 0.25) is 11.7 Å². The van der Waals surface area contributed by atoms with Crippen LogP contribution in [0.2, 0.25) is 0 Å². The van der Waals surface area contributed by atoms with Crippen molar-refractivity contribution in [3.8, 4) is 17.1 Å². The maximum absolute atomic E-state index is 5.86. The number of aromatic nitrogens is 3. The molecule has 1 aliphatic heterocycles. The maximum atomic E-state index is 5.86. The number of hydrogen-bond donors (Lipinski definition) is 0. The van der Waals surface area contributed by atoms with Crippen LogP contribution < -0.4 is 14.5 Å². The standard InChI is InChI=1S/C19H21N5O2/c1-13(19-21-18(22-26-19)14-5-4-8-20-12-14)24-9-10-25-17-11-15(23(2)3)6-7-16(17)24/h4-8,11-13H,9-10H2,1-3H3. The van der Waals surface area contributed by atoms with Crippen LogP contribution in [-0.4, -0.2) is 42.4 Å². The number of ether oxygens (including phenoxy) is 1. The highest BCUT2D eigenvalue weighted by Gasteiger charge is 2.27. The lowest BCUT2D eigenvalue weighted by Gasteiger charge is -2.34. The van der Waals surface area contributed by atoms with Crippen molar-refractivity contribution in [2.75, 3.05) is 37.0 Å². The molecule has 0 radical (unpaired) electrons. The summed E-state index contributed by atoms with van der Waals surface area (Å²) in [6.45, 7) is 3.45. The molecule has 7 nitrogen and oxygen atoms in total. The van der Waals surface area contributed by atoms with Crippen molar-refractivity contribution in [2.45, 2.75) is 13.0 Å². The van der Waals surface area contributed by atoms with Gasteiger partial charge in [-0.3, -0.25) is 4.98 Å². The first-order valence-corrected chi connectivity index (χ1v) is 8.58. The quantitative estimate of drug-likeness (QED) is 0.715. The van der Waals surface area contributed by atoms with Crippen LogP contribution in [0.15, 0.2) is 47.2 Å². The van der Waals surface area contributed by atoms with Crippen LogP contribution in [0.25, 0.3) is 11.4 Å². The largest absolute Gasteiger partial charge is 0.489 e. The van der Waals surface area contributed by atoms with Crippen LogP contribution >= 0.6 is 0 Å². The van der Waals surface area contributed by atoms with E-state index in [1.165, 1.54) is 0 Å². The van der Waals surface area contributed by atoms with Crippen molar-refractivity contribution < 1.29 is 9.26 Å². The van der Waals surface area contributed by atoms with Crippen molar-refractivity contribution in [1.29, 1.82) is 0 Å².